The van der Waals surface area contributed by atoms with Crippen LogP contribution in [-0.4, -0.2) is 23.0 Å². The van der Waals surface area contributed by atoms with Crippen LogP contribution in [0.5, 0.6) is 0 Å². The number of hydrogen-bond donors (Lipinski definition) is 1. The van der Waals surface area contributed by atoms with Crippen LogP contribution in [0.25, 0.3) is 0 Å². The fourth-order valence-corrected chi connectivity index (χ4v) is 3.09. The molecule has 1 saturated heterocycles. The first kappa shape index (κ1) is 14.5. The van der Waals surface area contributed by atoms with Gasteiger partial charge in [0.05, 0.1) is 0 Å². The summed E-state index contributed by atoms with van der Waals surface area (Å²) < 4.78 is 0. The van der Waals surface area contributed by atoms with Crippen molar-refractivity contribution in [1.82, 2.24) is 4.90 Å². The zero-order chi connectivity index (χ0) is 13.8. The molecule has 1 atom stereocenters. The molecule has 1 heterocycles. The molecule has 2 nitrogen and oxygen atoms in total. The lowest BCUT2D eigenvalue weighted by Crippen LogP contribution is -2.21. The number of thiocarbonyl (C=S) groups is 1. The predicted molar refractivity (Wildman–Crippen MR) is 85.4 cm³/mol. The van der Waals surface area contributed by atoms with Crippen LogP contribution in [0.15, 0.2) is 18.2 Å². The Bertz CT molecular complexity index is 456. The third-order valence-corrected chi connectivity index (χ3v) is 4.32. The summed E-state index contributed by atoms with van der Waals surface area (Å²) in [4.78, 5) is 3.06. The minimum atomic E-state index is 0.485. The van der Waals surface area contributed by atoms with Crippen molar-refractivity contribution in [3.05, 3.63) is 34.9 Å². The topological polar surface area (TPSA) is 29.3 Å². The second-order valence-corrected chi connectivity index (χ2v) is 6.12. The number of hydrogen-bond acceptors (Lipinski definition) is 2. The van der Waals surface area contributed by atoms with Crippen molar-refractivity contribution in [2.45, 2.75) is 39.7 Å². The second kappa shape index (κ2) is 6.49. The van der Waals surface area contributed by atoms with Crippen LogP contribution >= 0.6 is 12.2 Å². The summed E-state index contributed by atoms with van der Waals surface area (Å²) in [7, 11) is 0. The quantitative estimate of drug-likeness (QED) is 0.837. The van der Waals surface area contributed by atoms with Gasteiger partial charge in [0.15, 0.2) is 0 Å². The molecule has 1 aromatic carbocycles. The van der Waals surface area contributed by atoms with Crippen molar-refractivity contribution in [2.24, 2.45) is 11.7 Å². The van der Waals surface area contributed by atoms with Crippen molar-refractivity contribution in [2.75, 3.05) is 13.1 Å². The van der Waals surface area contributed by atoms with Crippen LogP contribution in [-0.2, 0) is 6.54 Å². The molecule has 0 spiro atoms. The van der Waals surface area contributed by atoms with Gasteiger partial charge in [-0.05, 0) is 49.4 Å². The minimum absolute atomic E-state index is 0.485. The first-order valence-corrected chi connectivity index (χ1v) is 7.62. The number of nitrogens with two attached hydrogens (primary N) is 1. The molecule has 0 aliphatic carbocycles. The summed E-state index contributed by atoms with van der Waals surface area (Å²) in [5.74, 6) is 0.904. The summed E-state index contributed by atoms with van der Waals surface area (Å²) in [6.45, 7) is 7.98. The van der Waals surface area contributed by atoms with Crippen molar-refractivity contribution in [3.63, 3.8) is 0 Å². The van der Waals surface area contributed by atoms with E-state index in [2.05, 4.69) is 30.9 Å². The number of likely N-dealkylation sites (tertiary alicyclic amines) is 1. The zero-order valence-corrected chi connectivity index (χ0v) is 12.8. The van der Waals surface area contributed by atoms with E-state index in [1.807, 2.05) is 6.07 Å². The molecule has 104 valence electrons. The lowest BCUT2D eigenvalue weighted by Gasteiger charge is -2.18. The summed E-state index contributed by atoms with van der Waals surface area (Å²) in [5, 5.41) is 0. The van der Waals surface area contributed by atoms with Crippen LogP contribution in [0.1, 0.15) is 42.9 Å². The fraction of sp³-hybridized carbons (Fsp3) is 0.562. The van der Waals surface area contributed by atoms with E-state index in [4.69, 9.17) is 18.0 Å². The average Bonchev–Trinajstić information content (AvgIpc) is 2.79. The van der Waals surface area contributed by atoms with E-state index in [1.165, 1.54) is 43.5 Å². The van der Waals surface area contributed by atoms with Crippen LogP contribution in [0, 0.1) is 12.8 Å². The number of rotatable bonds is 5. The molecule has 1 fully saturated rings. The van der Waals surface area contributed by atoms with Crippen molar-refractivity contribution >= 4 is 17.2 Å². The molecule has 1 aliphatic heterocycles. The highest BCUT2D eigenvalue weighted by Crippen LogP contribution is 2.23. The first-order valence-electron chi connectivity index (χ1n) is 7.21. The minimum Gasteiger partial charge on any atom is -0.389 e. The molecule has 1 unspecified atom stereocenters. The third-order valence-electron chi connectivity index (χ3n) is 4.09. The average molecular weight is 276 g/mol. The lowest BCUT2D eigenvalue weighted by atomic mass is 10.0. The Morgan fingerprint density at radius 1 is 1.47 bits per heavy atom. The van der Waals surface area contributed by atoms with Gasteiger partial charge in [-0.2, -0.15) is 0 Å². The van der Waals surface area contributed by atoms with Crippen LogP contribution in [0.2, 0.25) is 0 Å². The number of nitrogens with zero attached hydrogens (tertiary/aromatic N) is 1. The third kappa shape index (κ3) is 3.77. The van der Waals surface area contributed by atoms with E-state index in [-0.39, 0.29) is 0 Å². The second-order valence-electron chi connectivity index (χ2n) is 5.68. The first-order chi connectivity index (χ1) is 9.10. The zero-order valence-electron chi connectivity index (χ0n) is 12.0. The summed E-state index contributed by atoms with van der Waals surface area (Å²) in [5.41, 5.74) is 9.34. The number of benzene rings is 1. The molecule has 0 radical (unpaired) electrons. The molecular weight excluding hydrogens is 252 g/mol. The molecule has 1 aromatic rings. The molecule has 2 rings (SSSR count). The maximum atomic E-state index is 5.67. The van der Waals surface area contributed by atoms with E-state index < -0.39 is 0 Å². The maximum Gasteiger partial charge on any atom is 0.103 e. The van der Waals surface area contributed by atoms with E-state index >= 15 is 0 Å². The molecule has 3 heteroatoms. The van der Waals surface area contributed by atoms with Gasteiger partial charge >= 0.3 is 0 Å². The van der Waals surface area contributed by atoms with E-state index in [9.17, 15) is 0 Å². The van der Waals surface area contributed by atoms with Gasteiger partial charge in [-0.15, -0.1) is 0 Å². The molecule has 0 saturated carbocycles. The molecular formula is C16H24N2S. The molecule has 19 heavy (non-hydrogen) atoms. The molecule has 1 aliphatic rings. The highest BCUT2D eigenvalue weighted by Gasteiger charge is 2.21. The Labute approximate surface area is 122 Å². The van der Waals surface area contributed by atoms with Gasteiger partial charge in [-0.3, -0.25) is 4.90 Å². The van der Waals surface area contributed by atoms with Gasteiger partial charge in [-0.1, -0.05) is 37.7 Å². The standard InChI is InChI=1S/C16H24N2S/c1-3-4-13-7-8-18(10-13)11-15-6-5-14(16(17)19)9-12(15)2/h5-6,9,13H,3-4,7-8,10-11H2,1-2H3,(H2,17,19). The number of aryl methyl sites for hydroxylation is 1. The molecule has 0 amide bonds. The largest absolute Gasteiger partial charge is 0.389 e. The smallest absolute Gasteiger partial charge is 0.103 e. The highest BCUT2D eigenvalue weighted by molar-refractivity contribution is 7.80. The highest BCUT2D eigenvalue weighted by atomic mass is 32.1. The van der Waals surface area contributed by atoms with Crippen LogP contribution in [0.4, 0.5) is 0 Å². The van der Waals surface area contributed by atoms with Crippen LogP contribution in [0.3, 0.4) is 0 Å². The van der Waals surface area contributed by atoms with Gasteiger partial charge in [0.1, 0.15) is 4.99 Å². The summed E-state index contributed by atoms with van der Waals surface area (Å²) >= 11 is 5.02. The fourth-order valence-electron chi connectivity index (χ4n) is 2.97. The van der Waals surface area contributed by atoms with Gasteiger partial charge in [0, 0.05) is 18.7 Å². The Kier molecular flexibility index (Phi) is 4.94. The van der Waals surface area contributed by atoms with Crippen LogP contribution < -0.4 is 5.73 Å². The SMILES string of the molecule is CCCC1CCN(Cc2ccc(C(N)=S)cc2C)C1. The summed E-state index contributed by atoms with van der Waals surface area (Å²) in [6, 6.07) is 6.33. The predicted octanol–water partition coefficient (Wildman–Crippen LogP) is 3.25. The van der Waals surface area contributed by atoms with E-state index in [0.29, 0.717) is 4.99 Å². The van der Waals surface area contributed by atoms with E-state index in [0.717, 1.165) is 18.0 Å². The summed E-state index contributed by atoms with van der Waals surface area (Å²) in [6.07, 6.45) is 4.04. The Morgan fingerprint density at radius 3 is 2.89 bits per heavy atom. The van der Waals surface area contributed by atoms with Gasteiger partial charge in [0.25, 0.3) is 0 Å². The normalized spacial score (nSPS) is 19.8. The maximum absolute atomic E-state index is 5.67. The molecule has 0 aromatic heterocycles. The Morgan fingerprint density at radius 2 is 2.26 bits per heavy atom. The van der Waals surface area contributed by atoms with Gasteiger partial charge in [0.2, 0.25) is 0 Å². The van der Waals surface area contributed by atoms with Gasteiger partial charge in [-0.25, -0.2) is 0 Å². The van der Waals surface area contributed by atoms with Gasteiger partial charge < -0.3 is 5.73 Å². The molecule has 0 bridgehead atoms. The Hall–Kier alpha value is -0.930. The van der Waals surface area contributed by atoms with Crippen molar-refractivity contribution in [1.29, 1.82) is 0 Å². The van der Waals surface area contributed by atoms with Crippen molar-refractivity contribution in [3.8, 4) is 0 Å². The van der Waals surface area contributed by atoms with E-state index in [1.54, 1.807) is 0 Å². The lowest BCUT2D eigenvalue weighted by molar-refractivity contribution is 0.312. The monoisotopic (exact) mass is 276 g/mol. The molecule has 2 N–H and O–H groups in total. The Balaban J connectivity index is 1.98. The van der Waals surface area contributed by atoms with Crippen molar-refractivity contribution < 1.29 is 0 Å².